The lowest BCUT2D eigenvalue weighted by molar-refractivity contribution is 0.455. The Morgan fingerprint density at radius 3 is 1.62 bits per heavy atom. The van der Waals surface area contributed by atoms with Gasteiger partial charge in [-0.05, 0) is 53.1 Å². The van der Waals surface area contributed by atoms with Crippen LogP contribution in [0.1, 0.15) is 22.6 Å². The number of rotatable bonds is 4. The number of halogens is 2. The van der Waals surface area contributed by atoms with E-state index in [-0.39, 0.29) is 23.1 Å². The summed E-state index contributed by atoms with van der Waals surface area (Å²) in [7, 11) is 0. The van der Waals surface area contributed by atoms with Gasteiger partial charge in [-0.25, -0.2) is 8.78 Å². The molecule has 0 amide bonds. The second kappa shape index (κ2) is 7.76. The van der Waals surface area contributed by atoms with Crippen LogP contribution in [-0.4, -0.2) is 10.2 Å². The van der Waals surface area contributed by atoms with E-state index in [1.807, 2.05) is 30.3 Å². The van der Waals surface area contributed by atoms with E-state index < -0.39 is 5.92 Å². The van der Waals surface area contributed by atoms with Crippen molar-refractivity contribution in [3.8, 4) is 22.6 Å². The number of hydrogen-bond donors (Lipinski definition) is 2. The summed E-state index contributed by atoms with van der Waals surface area (Å²) in [5.41, 5.74) is 3.14. The molecule has 0 radical (unpaired) electrons. The summed E-state index contributed by atoms with van der Waals surface area (Å²) in [4.78, 5) is 0. The lowest BCUT2D eigenvalue weighted by atomic mass is 9.83. The van der Waals surface area contributed by atoms with Crippen LogP contribution in [0.2, 0.25) is 0 Å². The van der Waals surface area contributed by atoms with Gasteiger partial charge in [0.2, 0.25) is 0 Å². The number of aromatic hydroxyl groups is 2. The molecule has 2 nitrogen and oxygen atoms in total. The standard InChI is InChI=1S/C25H18F2O2/c26-19-10-6-17(7-11-19)25(18-8-12-20(27)13-9-18)22-15-23(28)21(14-24(22)29)16-4-2-1-3-5-16/h1-15,25,28-29H. The molecule has 0 atom stereocenters. The molecule has 0 heterocycles. The predicted molar refractivity (Wildman–Crippen MR) is 109 cm³/mol. The van der Waals surface area contributed by atoms with Crippen LogP contribution in [-0.2, 0) is 0 Å². The second-order valence-electron chi connectivity index (χ2n) is 6.83. The summed E-state index contributed by atoms with van der Waals surface area (Å²) in [6.45, 7) is 0. The van der Waals surface area contributed by atoms with E-state index in [4.69, 9.17) is 0 Å². The average molecular weight is 388 g/mol. The smallest absolute Gasteiger partial charge is 0.123 e. The first kappa shape index (κ1) is 18.7. The van der Waals surface area contributed by atoms with Gasteiger partial charge in [-0.3, -0.25) is 0 Å². The third-order valence-corrected chi connectivity index (χ3v) is 4.95. The average Bonchev–Trinajstić information content (AvgIpc) is 2.74. The van der Waals surface area contributed by atoms with Crippen molar-refractivity contribution in [2.75, 3.05) is 0 Å². The fraction of sp³-hybridized carbons (Fsp3) is 0.0400. The number of hydrogen-bond acceptors (Lipinski definition) is 2. The second-order valence-corrected chi connectivity index (χ2v) is 6.83. The van der Waals surface area contributed by atoms with Crippen LogP contribution >= 0.6 is 0 Å². The third-order valence-electron chi connectivity index (χ3n) is 4.95. The SMILES string of the molecule is Oc1cc(C(c2ccc(F)cc2)c2ccc(F)cc2)c(O)cc1-c1ccccc1. The lowest BCUT2D eigenvalue weighted by Crippen LogP contribution is -2.04. The van der Waals surface area contributed by atoms with Crippen molar-refractivity contribution in [2.45, 2.75) is 5.92 Å². The summed E-state index contributed by atoms with van der Waals surface area (Å²) >= 11 is 0. The Balaban J connectivity index is 1.87. The first-order chi connectivity index (χ1) is 14.0. The molecule has 4 rings (SSSR count). The van der Waals surface area contributed by atoms with Gasteiger partial charge in [-0.15, -0.1) is 0 Å². The Morgan fingerprint density at radius 1 is 0.586 bits per heavy atom. The first-order valence-electron chi connectivity index (χ1n) is 9.15. The van der Waals surface area contributed by atoms with E-state index in [0.717, 1.165) is 5.56 Å². The molecule has 4 aromatic rings. The Bertz CT molecular complexity index is 1080. The third kappa shape index (κ3) is 3.83. The van der Waals surface area contributed by atoms with Gasteiger partial charge >= 0.3 is 0 Å². The van der Waals surface area contributed by atoms with Gasteiger partial charge in [0, 0.05) is 17.0 Å². The first-order valence-corrected chi connectivity index (χ1v) is 9.15. The minimum Gasteiger partial charge on any atom is -0.508 e. The van der Waals surface area contributed by atoms with Gasteiger partial charge in [0.1, 0.15) is 23.1 Å². The fourth-order valence-electron chi connectivity index (χ4n) is 3.54. The van der Waals surface area contributed by atoms with Crippen molar-refractivity contribution >= 4 is 0 Å². The molecular weight excluding hydrogens is 370 g/mol. The van der Waals surface area contributed by atoms with Crippen molar-refractivity contribution < 1.29 is 19.0 Å². The Kier molecular flexibility index (Phi) is 5.00. The minimum atomic E-state index is -0.507. The molecule has 0 aromatic heterocycles. The quantitative estimate of drug-likeness (QED) is 0.322. The summed E-state index contributed by atoms with van der Waals surface area (Å²) in [6, 6.07) is 24.1. The van der Waals surface area contributed by atoms with E-state index >= 15 is 0 Å². The van der Waals surface area contributed by atoms with Crippen LogP contribution in [0.15, 0.2) is 91.0 Å². The maximum Gasteiger partial charge on any atom is 0.123 e. The van der Waals surface area contributed by atoms with Crippen LogP contribution in [0.4, 0.5) is 8.78 Å². The zero-order valence-corrected chi connectivity index (χ0v) is 15.4. The number of phenolic OH excluding ortho intramolecular Hbond substituents is 2. The molecule has 2 N–H and O–H groups in total. The molecule has 0 saturated carbocycles. The molecule has 144 valence electrons. The largest absolute Gasteiger partial charge is 0.508 e. The fourth-order valence-corrected chi connectivity index (χ4v) is 3.54. The van der Waals surface area contributed by atoms with Gasteiger partial charge in [-0.1, -0.05) is 54.6 Å². The van der Waals surface area contributed by atoms with Crippen molar-refractivity contribution in [3.63, 3.8) is 0 Å². The molecule has 0 aliphatic heterocycles. The van der Waals surface area contributed by atoms with Gasteiger partial charge in [0.25, 0.3) is 0 Å². The topological polar surface area (TPSA) is 40.5 Å². The van der Waals surface area contributed by atoms with Crippen LogP contribution < -0.4 is 0 Å². The highest BCUT2D eigenvalue weighted by Crippen LogP contribution is 2.42. The summed E-state index contributed by atoms with van der Waals surface area (Å²) in [5, 5.41) is 21.5. The van der Waals surface area contributed by atoms with Gasteiger partial charge in [0.15, 0.2) is 0 Å². The van der Waals surface area contributed by atoms with Gasteiger partial charge in [-0.2, -0.15) is 0 Å². The summed E-state index contributed by atoms with van der Waals surface area (Å²) in [5.74, 6) is -1.26. The van der Waals surface area contributed by atoms with Crippen LogP contribution in [0.3, 0.4) is 0 Å². The maximum absolute atomic E-state index is 13.5. The highest BCUT2D eigenvalue weighted by molar-refractivity contribution is 5.73. The molecule has 4 aromatic carbocycles. The molecule has 29 heavy (non-hydrogen) atoms. The number of phenols is 2. The molecule has 0 bridgehead atoms. The highest BCUT2D eigenvalue weighted by Gasteiger charge is 2.22. The number of benzene rings is 4. The molecule has 4 heteroatoms. The molecule has 0 fully saturated rings. The normalized spacial score (nSPS) is 11.0. The van der Waals surface area contributed by atoms with Crippen LogP contribution in [0.5, 0.6) is 11.5 Å². The van der Waals surface area contributed by atoms with Crippen molar-refractivity contribution in [2.24, 2.45) is 0 Å². The highest BCUT2D eigenvalue weighted by atomic mass is 19.1. The van der Waals surface area contributed by atoms with E-state index in [9.17, 15) is 19.0 Å². The van der Waals surface area contributed by atoms with Gasteiger partial charge in [0.05, 0.1) is 0 Å². The van der Waals surface area contributed by atoms with E-state index in [1.165, 1.54) is 36.4 Å². The van der Waals surface area contributed by atoms with Crippen molar-refractivity contribution in [1.29, 1.82) is 0 Å². The molecule has 0 aliphatic carbocycles. The van der Waals surface area contributed by atoms with Crippen molar-refractivity contribution in [3.05, 3.63) is 119 Å². The van der Waals surface area contributed by atoms with Crippen molar-refractivity contribution in [1.82, 2.24) is 0 Å². The van der Waals surface area contributed by atoms with E-state index in [2.05, 4.69) is 0 Å². The molecule has 0 saturated heterocycles. The molecule has 0 unspecified atom stereocenters. The summed E-state index contributed by atoms with van der Waals surface area (Å²) in [6.07, 6.45) is 0. The minimum absolute atomic E-state index is 0.0122. The lowest BCUT2D eigenvalue weighted by Gasteiger charge is -2.21. The van der Waals surface area contributed by atoms with E-state index in [0.29, 0.717) is 22.3 Å². The Morgan fingerprint density at radius 2 is 1.10 bits per heavy atom. The zero-order chi connectivity index (χ0) is 20.4. The molecular formula is C25H18F2O2. The maximum atomic E-state index is 13.5. The Hall–Kier alpha value is -3.66. The predicted octanol–water partition coefficient (Wildman–Crippen LogP) is 6.22. The monoisotopic (exact) mass is 388 g/mol. The van der Waals surface area contributed by atoms with Gasteiger partial charge < -0.3 is 10.2 Å². The Labute approximate surface area is 167 Å². The zero-order valence-electron chi connectivity index (χ0n) is 15.4. The molecule has 0 spiro atoms. The van der Waals surface area contributed by atoms with Crippen LogP contribution in [0, 0.1) is 11.6 Å². The molecule has 0 aliphatic rings. The summed E-state index contributed by atoms with van der Waals surface area (Å²) < 4.78 is 26.9. The van der Waals surface area contributed by atoms with E-state index in [1.54, 1.807) is 24.3 Å². The van der Waals surface area contributed by atoms with Crippen LogP contribution in [0.25, 0.3) is 11.1 Å².